The Morgan fingerprint density at radius 2 is 1.90 bits per heavy atom. The van der Waals surface area contributed by atoms with Crippen molar-refractivity contribution in [1.82, 2.24) is 4.90 Å². The normalized spacial score (nSPS) is 18.2. The van der Waals surface area contributed by atoms with Crippen LogP contribution in [0, 0.1) is 5.92 Å². The molecule has 1 aliphatic heterocycles. The van der Waals surface area contributed by atoms with Gasteiger partial charge >= 0.3 is 0 Å². The third-order valence-corrected chi connectivity index (χ3v) is 4.58. The predicted molar refractivity (Wildman–Crippen MR) is 86.5 cm³/mol. The molecular formula is C16H19Cl2NO2. The average Bonchev–Trinajstić information content (AvgIpc) is 2.46. The van der Waals surface area contributed by atoms with Crippen LogP contribution in [0.4, 0.5) is 0 Å². The van der Waals surface area contributed by atoms with E-state index in [0.717, 1.165) is 12.8 Å². The highest BCUT2D eigenvalue weighted by molar-refractivity contribution is 6.37. The largest absolute Gasteiger partial charge is 0.393 e. The van der Waals surface area contributed by atoms with Gasteiger partial charge in [-0.25, -0.2) is 0 Å². The second kappa shape index (κ2) is 7.30. The smallest absolute Gasteiger partial charge is 0.246 e. The first-order valence-electron chi connectivity index (χ1n) is 7.08. The van der Waals surface area contributed by atoms with Crippen LogP contribution in [0.3, 0.4) is 0 Å². The number of aliphatic hydroxyl groups is 1. The lowest BCUT2D eigenvalue weighted by atomic mass is 9.92. The molecule has 0 aliphatic carbocycles. The fraction of sp³-hybridized carbons (Fsp3) is 0.438. The zero-order valence-electron chi connectivity index (χ0n) is 11.9. The second-order valence-corrected chi connectivity index (χ2v) is 6.19. The molecule has 114 valence electrons. The van der Waals surface area contributed by atoms with Crippen molar-refractivity contribution in [3.05, 3.63) is 39.9 Å². The standard InChI is InChI=1S/C16H19Cl2NO2/c1-11(20)12-7-9-19(10-8-12)16(21)6-5-13-14(17)3-2-4-15(13)18/h2-6,11-12,20H,7-10H2,1H3. The van der Waals surface area contributed by atoms with Crippen LogP contribution in [-0.2, 0) is 4.79 Å². The zero-order chi connectivity index (χ0) is 15.4. The van der Waals surface area contributed by atoms with Crippen LogP contribution < -0.4 is 0 Å². The molecule has 1 aromatic rings. The maximum Gasteiger partial charge on any atom is 0.246 e. The van der Waals surface area contributed by atoms with Crippen LogP contribution in [0.25, 0.3) is 6.08 Å². The number of rotatable bonds is 3. The molecule has 1 amide bonds. The Kier molecular flexibility index (Phi) is 5.68. The number of nitrogens with zero attached hydrogens (tertiary/aromatic N) is 1. The van der Waals surface area contributed by atoms with Crippen molar-refractivity contribution in [2.45, 2.75) is 25.9 Å². The molecule has 3 nitrogen and oxygen atoms in total. The number of piperidine rings is 1. The molecule has 1 saturated heterocycles. The summed E-state index contributed by atoms with van der Waals surface area (Å²) in [6.45, 7) is 3.16. The van der Waals surface area contributed by atoms with E-state index in [2.05, 4.69) is 0 Å². The zero-order valence-corrected chi connectivity index (χ0v) is 13.4. The van der Waals surface area contributed by atoms with Crippen molar-refractivity contribution in [2.75, 3.05) is 13.1 Å². The van der Waals surface area contributed by atoms with Crippen molar-refractivity contribution in [2.24, 2.45) is 5.92 Å². The van der Waals surface area contributed by atoms with Crippen molar-refractivity contribution in [3.8, 4) is 0 Å². The lowest BCUT2D eigenvalue weighted by molar-refractivity contribution is -0.127. The summed E-state index contributed by atoms with van der Waals surface area (Å²) in [5.41, 5.74) is 0.660. The Labute approximate surface area is 135 Å². The summed E-state index contributed by atoms with van der Waals surface area (Å²) in [5, 5.41) is 10.6. The third kappa shape index (κ3) is 4.22. The Morgan fingerprint density at radius 3 is 2.43 bits per heavy atom. The van der Waals surface area contributed by atoms with E-state index in [-0.39, 0.29) is 17.9 Å². The molecule has 1 aliphatic rings. The van der Waals surface area contributed by atoms with Gasteiger partial charge in [0.15, 0.2) is 0 Å². The van der Waals surface area contributed by atoms with Crippen molar-refractivity contribution >= 4 is 35.2 Å². The van der Waals surface area contributed by atoms with Gasteiger partial charge < -0.3 is 10.0 Å². The summed E-state index contributed by atoms with van der Waals surface area (Å²) < 4.78 is 0. The first kappa shape index (κ1) is 16.3. The lowest BCUT2D eigenvalue weighted by Gasteiger charge is -2.32. The molecule has 0 bridgehead atoms. The minimum absolute atomic E-state index is 0.0463. The van der Waals surface area contributed by atoms with Gasteiger partial charge in [-0.2, -0.15) is 0 Å². The highest BCUT2D eigenvalue weighted by atomic mass is 35.5. The van der Waals surface area contributed by atoms with E-state index < -0.39 is 0 Å². The van der Waals surface area contributed by atoms with Crippen LogP contribution in [0.1, 0.15) is 25.3 Å². The maximum absolute atomic E-state index is 12.2. The average molecular weight is 328 g/mol. The van der Waals surface area contributed by atoms with Crippen LogP contribution >= 0.6 is 23.2 Å². The van der Waals surface area contributed by atoms with Crippen molar-refractivity contribution in [3.63, 3.8) is 0 Å². The van der Waals surface area contributed by atoms with Gasteiger partial charge in [0.25, 0.3) is 0 Å². The first-order chi connectivity index (χ1) is 9.99. The molecule has 0 spiro atoms. The van der Waals surface area contributed by atoms with Crippen LogP contribution in [0.2, 0.25) is 10.0 Å². The van der Waals surface area contributed by atoms with Gasteiger partial charge in [0.2, 0.25) is 5.91 Å². The van der Waals surface area contributed by atoms with E-state index in [1.807, 2.05) is 0 Å². The van der Waals surface area contributed by atoms with Gasteiger partial charge in [0.05, 0.1) is 6.10 Å². The molecule has 0 saturated carbocycles. The number of hydrogen-bond donors (Lipinski definition) is 1. The van der Waals surface area contributed by atoms with E-state index in [1.54, 1.807) is 36.1 Å². The van der Waals surface area contributed by atoms with Crippen molar-refractivity contribution < 1.29 is 9.90 Å². The SMILES string of the molecule is CC(O)C1CCN(C(=O)C=Cc2c(Cl)cccc2Cl)CC1. The van der Waals surface area contributed by atoms with E-state index >= 15 is 0 Å². The van der Waals surface area contributed by atoms with Gasteiger partial charge in [0.1, 0.15) is 0 Å². The fourth-order valence-corrected chi connectivity index (χ4v) is 3.06. The molecule has 1 N–H and O–H groups in total. The van der Waals surface area contributed by atoms with E-state index in [0.29, 0.717) is 28.7 Å². The van der Waals surface area contributed by atoms with E-state index in [9.17, 15) is 9.90 Å². The number of hydrogen-bond acceptors (Lipinski definition) is 2. The summed E-state index contributed by atoms with van der Waals surface area (Å²) in [7, 11) is 0. The van der Waals surface area contributed by atoms with Gasteiger partial charge in [-0.3, -0.25) is 4.79 Å². The quantitative estimate of drug-likeness (QED) is 0.861. The third-order valence-electron chi connectivity index (χ3n) is 3.93. The molecule has 0 aromatic heterocycles. The topological polar surface area (TPSA) is 40.5 Å². The first-order valence-corrected chi connectivity index (χ1v) is 7.83. The van der Waals surface area contributed by atoms with Crippen LogP contribution in [0.5, 0.6) is 0 Å². The molecular weight excluding hydrogens is 309 g/mol. The van der Waals surface area contributed by atoms with Gasteiger partial charge in [-0.1, -0.05) is 29.3 Å². The summed E-state index contributed by atoms with van der Waals surface area (Å²) in [5.74, 6) is 0.242. The summed E-state index contributed by atoms with van der Waals surface area (Å²) in [6, 6.07) is 5.25. The molecule has 1 unspecified atom stereocenters. The highest BCUT2D eigenvalue weighted by Gasteiger charge is 2.24. The van der Waals surface area contributed by atoms with Gasteiger partial charge in [-0.15, -0.1) is 0 Å². The molecule has 5 heteroatoms. The Balaban J connectivity index is 1.98. The van der Waals surface area contributed by atoms with Crippen LogP contribution in [-0.4, -0.2) is 35.1 Å². The van der Waals surface area contributed by atoms with E-state index in [1.165, 1.54) is 6.08 Å². The number of benzene rings is 1. The summed E-state index contributed by atoms with van der Waals surface area (Å²) in [6.07, 6.45) is 4.54. The summed E-state index contributed by atoms with van der Waals surface area (Å²) >= 11 is 12.1. The highest BCUT2D eigenvalue weighted by Crippen LogP contribution is 2.26. The molecule has 1 fully saturated rings. The number of carbonyl (C=O) groups excluding carboxylic acids is 1. The Hall–Kier alpha value is -1.03. The minimum Gasteiger partial charge on any atom is -0.393 e. The van der Waals surface area contributed by atoms with Gasteiger partial charge in [0, 0.05) is 34.8 Å². The molecule has 2 rings (SSSR count). The number of aliphatic hydroxyl groups excluding tert-OH is 1. The fourth-order valence-electron chi connectivity index (χ4n) is 2.53. The number of carbonyl (C=O) groups is 1. The second-order valence-electron chi connectivity index (χ2n) is 5.37. The van der Waals surface area contributed by atoms with E-state index in [4.69, 9.17) is 23.2 Å². The number of halogens is 2. The maximum atomic E-state index is 12.2. The number of amides is 1. The molecule has 0 radical (unpaired) electrons. The Bertz CT molecular complexity index is 515. The molecule has 1 heterocycles. The molecule has 1 aromatic carbocycles. The molecule has 1 atom stereocenters. The Morgan fingerprint density at radius 1 is 1.33 bits per heavy atom. The number of likely N-dealkylation sites (tertiary alicyclic amines) is 1. The van der Waals surface area contributed by atoms with Gasteiger partial charge in [-0.05, 0) is 43.9 Å². The van der Waals surface area contributed by atoms with Crippen molar-refractivity contribution in [1.29, 1.82) is 0 Å². The lowest BCUT2D eigenvalue weighted by Crippen LogP contribution is -2.39. The monoisotopic (exact) mass is 327 g/mol. The summed E-state index contributed by atoms with van der Waals surface area (Å²) in [4.78, 5) is 14.0. The van der Waals surface area contributed by atoms with Crippen LogP contribution in [0.15, 0.2) is 24.3 Å². The predicted octanol–water partition coefficient (Wildman–Crippen LogP) is 3.63. The molecule has 21 heavy (non-hydrogen) atoms. The minimum atomic E-state index is -0.306.